The van der Waals surface area contributed by atoms with Crippen molar-refractivity contribution in [3.63, 3.8) is 0 Å². The zero-order valence-corrected chi connectivity index (χ0v) is 7.27. The summed E-state index contributed by atoms with van der Waals surface area (Å²) in [7, 11) is 0. The van der Waals surface area contributed by atoms with Gasteiger partial charge in [0.05, 0.1) is 6.54 Å². The average Bonchev–Trinajstić information content (AvgIpc) is 1.78. The molecule has 13 heavy (non-hydrogen) atoms. The maximum Gasteiger partial charge on any atom is 0.492 e. The Morgan fingerprint density at radius 1 is 1.62 bits per heavy atom. The van der Waals surface area contributed by atoms with Crippen molar-refractivity contribution in [3.8, 4) is 0 Å². The molecule has 76 valence electrons. The first-order chi connectivity index (χ1) is 5.87. The molecule has 0 aromatic heterocycles. The highest BCUT2D eigenvalue weighted by Gasteiger charge is 2.30. The van der Waals surface area contributed by atoms with Gasteiger partial charge in [0, 0.05) is 12.6 Å². The Labute approximate surface area is 74.3 Å². The summed E-state index contributed by atoms with van der Waals surface area (Å²) < 4.78 is 36.0. The van der Waals surface area contributed by atoms with Gasteiger partial charge in [-0.15, -0.1) is 0 Å². The molecule has 1 fully saturated rings. The van der Waals surface area contributed by atoms with Crippen LogP contribution in [0.15, 0.2) is 0 Å². The molecule has 7 heteroatoms. The van der Waals surface area contributed by atoms with E-state index in [1.165, 1.54) is 0 Å². The summed E-state index contributed by atoms with van der Waals surface area (Å²) in [5.41, 5.74) is 0. The molecule has 0 aromatic carbocycles. The molecule has 1 aliphatic heterocycles. The zero-order valence-electron chi connectivity index (χ0n) is 7.27. The zero-order chi connectivity index (χ0) is 10.1. The minimum Gasteiger partial charge on any atom is -0.448 e. The lowest BCUT2D eigenvalue weighted by atomic mass is 9.90. The van der Waals surface area contributed by atoms with Crippen molar-refractivity contribution in [2.75, 3.05) is 19.5 Å². The van der Waals surface area contributed by atoms with E-state index >= 15 is 0 Å². The number of halogens is 3. The van der Waals surface area contributed by atoms with E-state index in [1.807, 2.05) is 0 Å². The number of carbonyl (C=O) groups is 1. The van der Waals surface area contributed by atoms with Crippen LogP contribution in [0.2, 0.25) is 0 Å². The van der Waals surface area contributed by atoms with E-state index in [9.17, 15) is 17.7 Å². The van der Waals surface area contributed by atoms with Gasteiger partial charge in [-0.1, -0.05) is 0 Å². The van der Waals surface area contributed by atoms with Crippen LogP contribution >= 0.6 is 0 Å². The summed E-state index contributed by atoms with van der Waals surface area (Å²) in [6.45, 7) is -3.01. The number of hydrogen-bond acceptors (Lipinski definition) is 2. The molecule has 1 rings (SSSR count). The summed E-state index contributed by atoms with van der Waals surface area (Å²) in [5.74, 6) is -0.334. The smallest absolute Gasteiger partial charge is 0.448 e. The van der Waals surface area contributed by atoms with Gasteiger partial charge in [0.15, 0.2) is 0 Å². The monoisotopic (exact) mass is 195 g/mol. The lowest BCUT2D eigenvalue weighted by Crippen LogP contribution is -2.55. The molecule has 1 amide bonds. The number of nitrogens with zero attached hydrogens (tertiary/aromatic N) is 1. The summed E-state index contributed by atoms with van der Waals surface area (Å²) >= 11 is 0. The third-order valence-corrected chi connectivity index (χ3v) is 1.77. The Morgan fingerprint density at radius 3 is 2.69 bits per heavy atom. The van der Waals surface area contributed by atoms with Crippen LogP contribution in [-0.4, -0.2) is 43.4 Å². The van der Waals surface area contributed by atoms with Gasteiger partial charge in [-0.25, -0.2) is 0 Å². The van der Waals surface area contributed by atoms with Gasteiger partial charge in [-0.3, -0.25) is 4.79 Å². The van der Waals surface area contributed by atoms with E-state index in [2.05, 4.69) is 5.32 Å². The van der Waals surface area contributed by atoms with Crippen molar-refractivity contribution < 1.29 is 17.7 Å². The number of piperazine rings is 1. The molecular weight excluding hydrogens is 184 g/mol. The molecule has 1 N–H and O–H groups in total. The van der Waals surface area contributed by atoms with E-state index < -0.39 is 13.4 Å². The molecule has 0 saturated carbocycles. The second kappa shape index (κ2) is 3.57. The fourth-order valence-electron chi connectivity index (χ4n) is 1.45. The van der Waals surface area contributed by atoms with Gasteiger partial charge in [0.25, 0.3) is 0 Å². The Balaban J connectivity index is 2.46. The number of nitrogens with one attached hydrogen (secondary N) is 1. The number of amides is 1. The lowest BCUT2D eigenvalue weighted by Gasteiger charge is -2.34. The predicted molar refractivity (Wildman–Crippen MR) is 43.1 cm³/mol. The molecular formula is C6H11BF3N2O-. The van der Waals surface area contributed by atoms with Gasteiger partial charge < -0.3 is 23.2 Å². The van der Waals surface area contributed by atoms with Crippen LogP contribution in [0.3, 0.4) is 0 Å². The average molecular weight is 195 g/mol. The Bertz CT molecular complexity index is 209. The third-order valence-electron chi connectivity index (χ3n) is 1.77. The lowest BCUT2D eigenvalue weighted by molar-refractivity contribution is -0.125. The topological polar surface area (TPSA) is 32.3 Å². The maximum absolute atomic E-state index is 12.0. The molecule has 1 aliphatic rings. The first kappa shape index (κ1) is 10.4. The summed E-state index contributed by atoms with van der Waals surface area (Å²) in [6, 6.07) is -0.195. The number of carbonyl (C=O) groups excluding carboxylic acids is 1. The van der Waals surface area contributed by atoms with Crippen LogP contribution in [-0.2, 0) is 4.79 Å². The normalized spacial score (nSPS) is 25.8. The first-order valence-corrected chi connectivity index (χ1v) is 4.09. The molecule has 1 atom stereocenters. The molecule has 1 saturated heterocycles. The van der Waals surface area contributed by atoms with Gasteiger partial charge >= 0.3 is 6.98 Å². The Hall–Kier alpha value is -0.715. The fraction of sp³-hybridized carbons (Fsp3) is 0.833. The molecule has 0 radical (unpaired) electrons. The summed E-state index contributed by atoms with van der Waals surface area (Å²) in [6.07, 6.45) is -0.947. The molecule has 3 nitrogen and oxygen atoms in total. The maximum atomic E-state index is 12.0. The van der Waals surface area contributed by atoms with E-state index in [-0.39, 0.29) is 25.0 Å². The van der Waals surface area contributed by atoms with Crippen molar-refractivity contribution in [1.29, 1.82) is 0 Å². The van der Waals surface area contributed by atoms with E-state index in [0.717, 1.165) is 4.90 Å². The van der Waals surface area contributed by atoms with Gasteiger partial charge in [0.2, 0.25) is 5.91 Å². The SMILES string of the molecule is CC1CN(C[B-](F)(F)F)CC(=O)N1. The fourth-order valence-corrected chi connectivity index (χ4v) is 1.45. The molecule has 1 unspecified atom stereocenters. The highest BCUT2D eigenvalue weighted by atomic mass is 19.4. The standard InChI is InChI=1S/C6H11BF3N2O/c1-5-2-12(3-6(13)11-5)4-7(8,9)10/h5H,2-4H2,1H3,(H,11,13)/q-1. The van der Waals surface area contributed by atoms with Crippen LogP contribution in [0.25, 0.3) is 0 Å². The minimum atomic E-state index is -4.82. The van der Waals surface area contributed by atoms with Crippen molar-refractivity contribution >= 4 is 12.9 Å². The van der Waals surface area contributed by atoms with Crippen LogP contribution in [0.5, 0.6) is 0 Å². The minimum absolute atomic E-state index is 0.147. The Kier molecular flexibility index (Phi) is 2.85. The van der Waals surface area contributed by atoms with Crippen molar-refractivity contribution in [1.82, 2.24) is 10.2 Å². The summed E-state index contributed by atoms with van der Waals surface area (Å²) in [5, 5.41) is 2.55. The third kappa shape index (κ3) is 3.67. The van der Waals surface area contributed by atoms with Crippen LogP contribution < -0.4 is 5.32 Å². The van der Waals surface area contributed by atoms with Crippen molar-refractivity contribution in [2.45, 2.75) is 13.0 Å². The van der Waals surface area contributed by atoms with E-state index in [4.69, 9.17) is 0 Å². The molecule has 0 spiro atoms. The van der Waals surface area contributed by atoms with Crippen LogP contribution in [0.4, 0.5) is 12.9 Å². The van der Waals surface area contributed by atoms with Crippen molar-refractivity contribution in [3.05, 3.63) is 0 Å². The molecule has 0 aliphatic carbocycles. The van der Waals surface area contributed by atoms with E-state index in [0.29, 0.717) is 0 Å². The first-order valence-electron chi connectivity index (χ1n) is 4.09. The number of rotatable bonds is 2. The predicted octanol–water partition coefficient (Wildman–Crippen LogP) is 0.193. The van der Waals surface area contributed by atoms with Crippen LogP contribution in [0.1, 0.15) is 6.92 Å². The van der Waals surface area contributed by atoms with Gasteiger partial charge in [-0.2, -0.15) is 0 Å². The van der Waals surface area contributed by atoms with Crippen LogP contribution in [0, 0.1) is 0 Å². The Morgan fingerprint density at radius 2 is 2.23 bits per heavy atom. The largest absolute Gasteiger partial charge is 0.492 e. The van der Waals surface area contributed by atoms with E-state index in [1.54, 1.807) is 6.92 Å². The highest BCUT2D eigenvalue weighted by molar-refractivity contribution is 6.58. The quantitative estimate of drug-likeness (QED) is 0.638. The molecule has 0 bridgehead atoms. The van der Waals surface area contributed by atoms with Gasteiger partial charge in [0.1, 0.15) is 0 Å². The van der Waals surface area contributed by atoms with Crippen molar-refractivity contribution in [2.24, 2.45) is 0 Å². The summed E-state index contributed by atoms with van der Waals surface area (Å²) in [4.78, 5) is 12.0. The second-order valence-corrected chi connectivity index (χ2v) is 3.37. The van der Waals surface area contributed by atoms with Gasteiger partial charge in [-0.05, 0) is 13.4 Å². The molecule has 0 aromatic rings. The highest BCUT2D eigenvalue weighted by Crippen LogP contribution is 2.12. The second-order valence-electron chi connectivity index (χ2n) is 3.37. The molecule has 1 heterocycles. The number of hydrogen-bond donors (Lipinski definition) is 1.